The summed E-state index contributed by atoms with van der Waals surface area (Å²) in [4.78, 5) is 4.22. The van der Waals surface area contributed by atoms with E-state index < -0.39 is 6.10 Å². The molecular weight excluding hydrogens is 226 g/mol. The maximum atomic E-state index is 10.3. The Labute approximate surface area is 107 Å². The molecule has 0 amide bonds. The number of aromatic nitrogens is 3. The Balaban J connectivity index is 2.14. The lowest BCUT2D eigenvalue weighted by Gasteiger charge is -2.13. The molecule has 4 nitrogen and oxygen atoms in total. The molecule has 1 unspecified atom stereocenters. The van der Waals surface area contributed by atoms with Gasteiger partial charge < -0.3 is 5.11 Å². The molecule has 4 heteroatoms. The van der Waals surface area contributed by atoms with Crippen LogP contribution in [0.25, 0.3) is 0 Å². The lowest BCUT2D eigenvalue weighted by atomic mass is 10.0. The fourth-order valence-corrected chi connectivity index (χ4v) is 2.09. The molecule has 1 atom stereocenters. The molecular formula is C14H19N3O. The molecule has 0 spiro atoms. The van der Waals surface area contributed by atoms with Crippen molar-refractivity contribution in [2.75, 3.05) is 0 Å². The van der Waals surface area contributed by atoms with Crippen LogP contribution in [0.2, 0.25) is 0 Å². The summed E-state index contributed by atoms with van der Waals surface area (Å²) in [6, 6.07) is 7.89. The zero-order valence-corrected chi connectivity index (χ0v) is 10.9. The summed E-state index contributed by atoms with van der Waals surface area (Å²) < 4.78 is 1.86. The maximum absolute atomic E-state index is 10.3. The van der Waals surface area contributed by atoms with Crippen LogP contribution in [0.5, 0.6) is 0 Å². The third-order valence-corrected chi connectivity index (χ3v) is 3.05. The number of aliphatic hydroxyl groups excluding tert-OH is 1. The zero-order chi connectivity index (χ0) is 13.0. The summed E-state index contributed by atoms with van der Waals surface area (Å²) in [6.07, 6.45) is 2.54. The van der Waals surface area contributed by atoms with Gasteiger partial charge in [-0.3, -0.25) is 4.68 Å². The number of hydrogen-bond acceptors (Lipinski definition) is 3. The molecule has 1 aromatic heterocycles. The molecule has 0 aliphatic rings. The van der Waals surface area contributed by atoms with E-state index in [1.807, 2.05) is 35.9 Å². The smallest absolute Gasteiger partial charge is 0.138 e. The van der Waals surface area contributed by atoms with Gasteiger partial charge in [-0.25, -0.2) is 4.98 Å². The second kappa shape index (κ2) is 5.78. The quantitative estimate of drug-likeness (QED) is 0.879. The van der Waals surface area contributed by atoms with Gasteiger partial charge in [-0.2, -0.15) is 5.10 Å². The van der Waals surface area contributed by atoms with Crippen LogP contribution in [0, 0.1) is 6.92 Å². The van der Waals surface area contributed by atoms with Crippen molar-refractivity contribution < 1.29 is 5.11 Å². The highest BCUT2D eigenvalue weighted by atomic mass is 16.3. The van der Waals surface area contributed by atoms with Crippen LogP contribution >= 0.6 is 0 Å². The first-order valence-electron chi connectivity index (χ1n) is 6.32. The molecule has 0 aliphatic heterocycles. The summed E-state index contributed by atoms with van der Waals surface area (Å²) >= 11 is 0. The summed E-state index contributed by atoms with van der Waals surface area (Å²) in [5, 5.41) is 14.5. The van der Waals surface area contributed by atoms with E-state index in [-0.39, 0.29) is 0 Å². The zero-order valence-electron chi connectivity index (χ0n) is 10.9. The van der Waals surface area contributed by atoms with E-state index in [1.165, 1.54) is 0 Å². The molecule has 0 aliphatic carbocycles. The summed E-state index contributed by atoms with van der Waals surface area (Å²) in [5.41, 5.74) is 2.06. The second-order valence-electron chi connectivity index (χ2n) is 4.48. The standard InChI is InChI=1S/C14H19N3O/c1-3-8-17-14(15-10-16-17)9-13(18)12-7-5-4-6-11(12)2/h4-7,10,13,18H,3,8-9H2,1-2H3. The second-order valence-corrected chi connectivity index (χ2v) is 4.48. The summed E-state index contributed by atoms with van der Waals surface area (Å²) in [6.45, 7) is 4.95. The lowest BCUT2D eigenvalue weighted by Crippen LogP contribution is -2.11. The molecule has 1 aromatic carbocycles. The lowest BCUT2D eigenvalue weighted by molar-refractivity contribution is 0.173. The predicted octanol–water partition coefficient (Wildman–Crippen LogP) is 2.27. The van der Waals surface area contributed by atoms with Crippen LogP contribution in [0.3, 0.4) is 0 Å². The first kappa shape index (κ1) is 12.8. The van der Waals surface area contributed by atoms with Crippen molar-refractivity contribution in [1.29, 1.82) is 0 Å². The molecule has 2 aromatic rings. The largest absolute Gasteiger partial charge is 0.388 e. The van der Waals surface area contributed by atoms with Crippen LogP contribution < -0.4 is 0 Å². The maximum Gasteiger partial charge on any atom is 0.138 e. The van der Waals surface area contributed by atoms with E-state index in [0.29, 0.717) is 6.42 Å². The Kier molecular flexibility index (Phi) is 4.10. The number of hydrogen-bond donors (Lipinski definition) is 1. The van der Waals surface area contributed by atoms with Crippen molar-refractivity contribution in [3.8, 4) is 0 Å². The molecule has 0 saturated heterocycles. The molecule has 0 saturated carbocycles. The number of nitrogens with zero attached hydrogens (tertiary/aromatic N) is 3. The van der Waals surface area contributed by atoms with Crippen molar-refractivity contribution in [3.63, 3.8) is 0 Å². The molecule has 0 radical (unpaired) electrons. The Morgan fingerprint density at radius 3 is 2.83 bits per heavy atom. The minimum Gasteiger partial charge on any atom is -0.388 e. The van der Waals surface area contributed by atoms with Crippen molar-refractivity contribution in [2.24, 2.45) is 0 Å². The van der Waals surface area contributed by atoms with Crippen LogP contribution in [0.4, 0.5) is 0 Å². The average Bonchev–Trinajstić information content (AvgIpc) is 2.78. The van der Waals surface area contributed by atoms with Gasteiger partial charge in [0.05, 0.1) is 6.10 Å². The number of aliphatic hydroxyl groups is 1. The third kappa shape index (κ3) is 2.76. The number of aryl methyl sites for hydroxylation is 2. The first-order valence-corrected chi connectivity index (χ1v) is 6.32. The van der Waals surface area contributed by atoms with Crippen molar-refractivity contribution in [3.05, 3.63) is 47.5 Å². The van der Waals surface area contributed by atoms with Crippen LogP contribution in [0.1, 0.15) is 36.4 Å². The molecule has 18 heavy (non-hydrogen) atoms. The van der Waals surface area contributed by atoms with Gasteiger partial charge in [0.2, 0.25) is 0 Å². The highest BCUT2D eigenvalue weighted by Gasteiger charge is 2.14. The first-order chi connectivity index (χ1) is 8.72. The fourth-order valence-electron chi connectivity index (χ4n) is 2.09. The fraction of sp³-hybridized carbons (Fsp3) is 0.429. The third-order valence-electron chi connectivity index (χ3n) is 3.05. The van der Waals surface area contributed by atoms with E-state index in [9.17, 15) is 5.11 Å². The van der Waals surface area contributed by atoms with E-state index in [4.69, 9.17) is 0 Å². The van der Waals surface area contributed by atoms with E-state index >= 15 is 0 Å². The van der Waals surface area contributed by atoms with Crippen LogP contribution in [0.15, 0.2) is 30.6 Å². The van der Waals surface area contributed by atoms with E-state index in [0.717, 1.165) is 29.9 Å². The Hall–Kier alpha value is -1.68. The summed E-state index contributed by atoms with van der Waals surface area (Å²) in [7, 11) is 0. The van der Waals surface area contributed by atoms with Gasteiger partial charge in [-0.05, 0) is 24.5 Å². The highest BCUT2D eigenvalue weighted by Crippen LogP contribution is 2.20. The number of rotatable bonds is 5. The normalized spacial score (nSPS) is 12.6. The molecule has 0 fully saturated rings. The minimum atomic E-state index is -0.522. The van der Waals surface area contributed by atoms with Crippen molar-refractivity contribution >= 4 is 0 Å². The predicted molar refractivity (Wildman–Crippen MR) is 70.2 cm³/mol. The summed E-state index contributed by atoms with van der Waals surface area (Å²) in [5.74, 6) is 0.840. The van der Waals surface area contributed by atoms with Gasteiger partial charge >= 0.3 is 0 Å². The molecule has 2 rings (SSSR count). The topological polar surface area (TPSA) is 50.9 Å². The Morgan fingerprint density at radius 2 is 2.11 bits per heavy atom. The van der Waals surface area contributed by atoms with Crippen molar-refractivity contribution in [2.45, 2.75) is 39.3 Å². The van der Waals surface area contributed by atoms with E-state index in [1.54, 1.807) is 6.33 Å². The van der Waals surface area contributed by atoms with E-state index in [2.05, 4.69) is 17.0 Å². The Morgan fingerprint density at radius 1 is 1.33 bits per heavy atom. The SMILES string of the molecule is CCCn1ncnc1CC(O)c1ccccc1C. The monoisotopic (exact) mass is 245 g/mol. The van der Waals surface area contributed by atoms with Crippen LogP contribution in [-0.4, -0.2) is 19.9 Å². The molecule has 1 N–H and O–H groups in total. The minimum absolute atomic E-state index is 0.505. The number of benzene rings is 1. The van der Waals surface area contributed by atoms with Crippen molar-refractivity contribution in [1.82, 2.24) is 14.8 Å². The molecule has 1 heterocycles. The van der Waals surface area contributed by atoms with Gasteiger partial charge in [-0.1, -0.05) is 31.2 Å². The highest BCUT2D eigenvalue weighted by molar-refractivity contribution is 5.28. The van der Waals surface area contributed by atoms with Gasteiger partial charge in [0.1, 0.15) is 12.2 Å². The van der Waals surface area contributed by atoms with Gasteiger partial charge in [-0.15, -0.1) is 0 Å². The van der Waals surface area contributed by atoms with Gasteiger partial charge in [0.25, 0.3) is 0 Å². The molecule has 96 valence electrons. The Bertz CT molecular complexity index is 507. The van der Waals surface area contributed by atoms with Gasteiger partial charge in [0, 0.05) is 13.0 Å². The van der Waals surface area contributed by atoms with Crippen LogP contribution in [-0.2, 0) is 13.0 Å². The average molecular weight is 245 g/mol. The van der Waals surface area contributed by atoms with Gasteiger partial charge in [0.15, 0.2) is 0 Å². The molecule has 0 bridgehead atoms.